The minimum atomic E-state index is -0.391. The summed E-state index contributed by atoms with van der Waals surface area (Å²) in [6.45, 7) is 1.62. The van der Waals surface area contributed by atoms with Gasteiger partial charge in [0.2, 0.25) is 5.91 Å². The normalized spacial score (nSPS) is 26.2. The highest BCUT2D eigenvalue weighted by Crippen LogP contribution is 2.34. The average Bonchev–Trinajstić information content (AvgIpc) is 3.34. The van der Waals surface area contributed by atoms with E-state index in [-0.39, 0.29) is 30.7 Å². The summed E-state index contributed by atoms with van der Waals surface area (Å²) in [5, 5.41) is 0. The molecular formula is C22H31N3O3. The van der Waals surface area contributed by atoms with Gasteiger partial charge in [-0.15, -0.1) is 0 Å². The predicted molar refractivity (Wildman–Crippen MR) is 106 cm³/mol. The van der Waals surface area contributed by atoms with Gasteiger partial charge in [0, 0.05) is 13.1 Å². The van der Waals surface area contributed by atoms with E-state index < -0.39 is 6.04 Å². The van der Waals surface area contributed by atoms with Crippen LogP contribution in [0.3, 0.4) is 0 Å². The molecule has 2 saturated heterocycles. The van der Waals surface area contributed by atoms with E-state index in [9.17, 15) is 9.59 Å². The molecule has 0 aromatic heterocycles. The Hall–Kier alpha value is -2.08. The second kappa shape index (κ2) is 8.52. The topological polar surface area (TPSA) is 75.9 Å². The Kier molecular flexibility index (Phi) is 5.85. The first-order valence-corrected chi connectivity index (χ1v) is 10.7. The maximum atomic E-state index is 13.0. The summed E-state index contributed by atoms with van der Waals surface area (Å²) in [6.07, 6.45) is 7.09. The molecule has 0 spiro atoms. The zero-order chi connectivity index (χ0) is 19.5. The summed E-state index contributed by atoms with van der Waals surface area (Å²) in [5.74, 6) is 0.396. The Morgan fingerprint density at radius 3 is 2.32 bits per heavy atom. The minimum absolute atomic E-state index is 0.0609. The van der Waals surface area contributed by atoms with E-state index in [0.717, 1.165) is 31.2 Å². The quantitative estimate of drug-likeness (QED) is 0.865. The molecule has 3 aliphatic rings. The van der Waals surface area contributed by atoms with Gasteiger partial charge in [-0.2, -0.15) is 0 Å². The number of benzene rings is 1. The van der Waals surface area contributed by atoms with Gasteiger partial charge in [-0.3, -0.25) is 4.79 Å². The molecule has 1 aromatic rings. The number of likely N-dealkylation sites (tertiary alicyclic amines) is 2. The largest absolute Gasteiger partial charge is 0.445 e. The molecule has 2 heterocycles. The lowest BCUT2D eigenvalue weighted by atomic mass is 9.83. The molecule has 0 radical (unpaired) electrons. The number of hydrogen-bond donors (Lipinski definition) is 1. The van der Waals surface area contributed by atoms with Gasteiger partial charge < -0.3 is 20.3 Å². The van der Waals surface area contributed by atoms with Gasteiger partial charge in [-0.05, 0) is 37.2 Å². The smallest absolute Gasteiger partial charge is 0.410 e. The molecule has 3 atom stereocenters. The maximum Gasteiger partial charge on any atom is 0.410 e. The second-order valence-electron chi connectivity index (χ2n) is 8.40. The van der Waals surface area contributed by atoms with Crippen LogP contribution in [0.1, 0.15) is 50.5 Å². The first-order valence-electron chi connectivity index (χ1n) is 10.7. The highest BCUT2D eigenvalue weighted by atomic mass is 16.6. The van der Waals surface area contributed by atoms with Crippen LogP contribution in [-0.4, -0.2) is 53.0 Å². The van der Waals surface area contributed by atoms with Crippen molar-refractivity contribution >= 4 is 12.0 Å². The van der Waals surface area contributed by atoms with Crippen molar-refractivity contribution in [2.75, 3.05) is 13.1 Å². The van der Waals surface area contributed by atoms with E-state index in [1.807, 2.05) is 40.1 Å². The van der Waals surface area contributed by atoms with E-state index in [4.69, 9.17) is 10.5 Å². The second-order valence-corrected chi connectivity index (χ2v) is 8.40. The fourth-order valence-corrected chi connectivity index (χ4v) is 5.18. The number of fused-ring (bicyclic) bond motifs is 1. The first-order chi connectivity index (χ1) is 13.6. The molecule has 2 amide bonds. The molecule has 6 heteroatoms. The lowest BCUT2D eigenvalue weighted by Gasteiger charge is -2.32. The van der Waals surface area contributed by atoms with Gasteiger partial charge in [0.15, 0.2) is 0 Å². The third kappa shape index (κ3) is 3.88. The number of amides is 2. The molecule has 1 aromatic carbocycles. The third-order valence-corrected chi connectivity index (χ3v) is 6.74. The van der Waals surface area contributed by atoms with Crippen LogP contribution in [0.25, 0.3) is 0 Å². The lowest BCUT2D eigenvalue weighted by Crippen LogP contribution is -2.51. The van der Waals surface area contributed by atoms with Crippen molar-refractivity contribution < 1.29 is 14.3 Å². The van der Waals surface area contributed by atoms with Gasteiger partial charge in [-0.25, -0.2) is 4.79 Å². The molecule has 2 aliphatic heterocycles. The zero-order valence-electron chi connectivity index (χ0n) is 16.5. The monoisotopic (exact) mass is 385 g/mol. The van der Waals surface area contributed by atoms with Crippen LogP contribution in [0.5, 0.6) is 0 Å². The van der Waals surface area contributed by atoms with Crippen molar-refractivity contribution in [2.45, 2.75) is 69.7 Å². The molecule has 1 saturated carbocycles. The van der Waals surface area contributed by atoms with Crippen molar-refractivity contribution in [1.29, 1.82) is 0 Å². The van der Waals surface area contributed by atoms with Gasteiger partial charge in [-0.1, -0.05) is 49.6 Å². The highest BCUT2D eigenvalue weighted by molar-refractivity contribution is 5.83. The van der Waals surface area contributed by atoms with Crippen molar-refractivity contribution in [3.8, 4) is 0 Å². The SMILES string of the molecule is NC(C(=O)N1CCC2C1CCN2C(=O)OCc1ccccc1)C1CCCCC1. The molecule has 6 nitrogen and oxygen atoms in total. The first kappa shape index (κ1) is 19.2. The van der Waals surface area contributed by atoms with E-state index in [1.165, 1.54) is 19.3 Å². The number of rotatable bonds is 4. The van der Waals surface area contributed by atoms with Crippen LogP contribution >= 0.6 is 0 Å². The predicted octanol–water partition coefficient (Wildman–Crippen LogP) is 2.91. The fourth-order valence-electron chi connectivity index (χ4n) is 5.18. The zero-order valence-corrected chi connectivity index (χ0v) is 16.5. The van der Waals surface area contributed by atoms with Gasteiger partial charge in [0.25, 0.3) is 0 Å². The standard InChI is InChI=1S/C22H31N3O3/c23-20(17-9-5-2-6-10-17)21(26)24-13-11-19-18(24)12-14-25(19)22(27)28-15-16-7-3-1-4-8-16/h1,3-4,7-8,17-20H,2,5-6,9-15,23H2. The molecule has 0 bridgehead atoms. The van der Waals surface area contributed by atoms with Gasteiger partial charge in [0.1, 0.15) is 6.61 Å². The van der Waals surface area contributed by atoms with Crippen molar-refractivity contribution in [3.63, 3.8) is 0 Å². The molecule has 28 heavy (non-hydrogen) atoms. The lowest BCUT2D eigenvalue weighted by molar-refractivity contribution is -0.135. The summed E-state index contributed by atoms with van der Waals surface area (Å²) in [7, 11) is 0. The molecule has 1 aliphatic carbocycles. The van der Waals surface area contributed by atoms with Crippen LogP contribution in [0, 0.1) is 5.92 Å². The summed E-state index contributed by atoms with van der Waals surface area (Å²) >= 11 is 0. The fraction of sp³-hybridized carbons (Fsp3) is 0.636. The Balaban J connectivity index is 1.33. The van der Waals surface area contributed by atoms with Crippen molar-refractivity contribution in [1.82, 2.24) is 9.80 Å². The third-order valence-electron chi connectivity index (χ3n) is 6.74. The summed E-state index contributed by atoms with van der Waals surface area (Å²) in [6, 6.07) is 9.47. The Morgan fingerprint density at radius 2 is 1.61 bits per heavy atom. The van der Waals surface area contributed by atoms with Gasteiger partial charge in [0.05, 0.1) is 18.1 Å². The van der Waals surface area contributed by atoms with Gasteiger partial charge >= 0.3 is 6.09 Å². The highest BCUT2D eigenvalue weighted by Gasteiger charge is 2.48. The van der Waals surface area contributed by atoms with Crippen LogP contribution < -0.4 is 5.73 Å². The minimum Gasteiger partial charge on any atom is -0.445 e. The summed E-state index contributed by atoms with van der Waals surface area (Å²) in [5.41, 5.74) is 7.34. The number of nitrogens with two attached hydrogens (primary N) is 1. The average molecular weight is 386 g/mol. The molecule has 152 valence electrons. The van der Waals surface area contributed by atoms with E-state index >= 15 is 0 Å². The van der Waals surface area contributed by atoms with Crippen LogP contribution in [0.15, 0.2) is 30.3 Å². The summed E-state index contributed by atoms with van der Waals surface area (Å²) < 4.78 is 5.52. The number of carbonyl (C=O) groups is 2. The van der Waals surface area contributed by atoms with Crippen molar-refractivity contribution in [2.24, 2.45) is 11.7 Å². The molecule has 2 N–H and O–H groups in total. The Bertz CT molecular complexity index is 690. The molecule has 4 rings (SSSR count). The number of carbonyl (C=O) groups excluding carboxylic acids is 2. The Labute approximate surface area is 167 Å². The van der Waals surface area contributed by atoms with Crippen LogP contribution in [0.4, 0.5) is 4.79 Å². The molecular weight excluding hydrogens is 354 g/mol. The van der Waals surface area contributed by atoms with Crippen LogP contribution in [0.2, 0.25) is 0 Å². The molecule has 3 fully saturated rings. The number of ether oxygens (including phenoxy) is 1. The van der Waals surface area contributed by atoms with E-state index in [2.05, 4.69) is 0 Å². The summed E-state index contributed by atoms with van der Waals surface area (Å²) in [4.78, 5) is 29.4. The van der Waals surface area contributed by atoms with Crippen LogP contribution in [-0.2, 0) is 16.1 Å². The maximum absolute atomic E-state index is 13.0. The van der Waals surface area contributed by atoms with E-state index in [1.54, 1.807) is 0 Å². The number of hydrogen-bond acceptors (Lipinski definition) is 4. The molecule has 3 unspecified atom stereocenters. The van der Waals surface area contributed by atoms with Crippen molar-refractivity contribution in [3.05, 3.63) is 35.9 Å². The van der Waals surface area contributed by atoms with E-state index in [0.29, 0.717) is 19.0 Å². The Morgan fingerprint density at radius 1 is 0.964 bits per heavy atom. The number of nitrogens with zero attached hydrogens (tertiary/aromatic N) is 2.